The maximum absolute atomic E-state index is 6.35. The highest BCUT2D eigenvalue weighted by Gasteiger charge is 2.19. The Morgan fingerprint density at radius 2 is 0.925 bits per heavy atom. The zero-order valence-electron chi connectivity index (χ0n) is 21.6. The summed E-state index contributed by atoms with van der Waals surface area (Å²) >= 11 is 0. The Kier molecular flexibility index (Phi) is 4.36. The van der Waals surface area contributed by atoms with Gasteiger partial charge in [0.25, 0.3) is 0 Å². The predicted molar refractivity (Wildman–Crippen MR) is 169 cm³/mol. The van der Waals surface area contributed by atoms with Gasteiger partial charge in [-0.1, -0.05) is 97.1 Å². The molecule has 9 rings (SSSR count). The standard InChI is InChI=1S/C38H23NO/c1-2-11-29-27(9-1)28-10-3-4-12-30(28)34-23-25(19-22-31(29)34)24-17-20-26(21-18-24)39-35-15-7-5-13-32(35)38-37(39)33-14-6-8-16-36(33)40-38/h1-23H. The van der Waals surface area contributed by atoms with Crippen LogP contribution >= 0.6 is 0 Å². The zero-order valence-corrected chi connectivity index (χ0v) is 21.6. The van der Waals surface area contributed by atoms with Crippen molar-refractivity contribution >= 4 is 65.3 Å². The molecule has 0 aliphatic heterocycles. The molecule has 2 heteroatoms. The van der Waals surface area contributed by atoms with Crippen LogP contribution in [0, 0.1) is 0 Å². The Balaban J connectivity index is 1.24. The summed E-state index contributed by atoms with van der Waals surface area (Å²) in [5.74, 6) is 0. The Morgan fingerprint density at radius 1 is 0.400 bits per heavy atom. The molecule has 0 amide bonds. The molecule has 0 unspecified atom stereocenters. The smallest absolute Gasteiger partial charge is 0.161 e. The van der Waals surface area contributed by atoms with Crippen LogP contribution in [0.3, 0.4) is 0 Å². The molecular formula is C38H23NO. The maximum Gasteiger partial charge on any atom is 0.161 e. The Morgan fingerprint density at radius 3 is 1.62 bits per heavy atom. The van der Waals surface area contributed by atoms with Crippen LogP contribution in [0.25, 0.3) is 82.1 Å². The Hall–Kier alpha value is -5.34. The van der Waals surface area contributed by atoms with Crippen LogP contribution in [0.2, 0.25) is 0 Å². The van der Waals surface area contributed by atoms with Gasteiger partial charge in [-0.15, -0.1) is 0 Å². The average Bonchev–Trinajstić information content (AvgIpc) is 3.56. The summed E-state index contributed by atoms with van der Waals surface area (Å²) in [5.41, 5.74) is 7.67. The lowest BCUT2D eigenvalue weighted by Crippen LogP contribution is -1.93. The summed E-state index contributed by atoms with van der Waals surface area (Å²) in [5, 5.41) is 10.0. The third-order valence-electron chi connectivity index (χ3n) is 8.39. The molecule has 0 radical (unpaired) electrons. The topological polar surface area (TPSA) is 18.1 Å². The Bertz CT molecular complexity index is 2380. The highest BCUT2D eigenvalue weighted by atomic mass is 16.3. The van der Waals surface area contributed by atoms with E-state index in [1.807, 2.05) is 12.1 Å². The third kappa shape index (κ3) is 2.93. The third-order valence-corrected chi connectivity index (χ3v) is 8.39. The van der Waals surface area contributed by atoms with Gasteiger partial charge in [0.05, 0.1) is 5.52 Å². The molecule has 9 aromatic rings. The van der Waals surface area contributed by atoms with Gasteiger partial charge in [0, 0.05) is 16.5 Å². The molecule has 0 fully saturated rings. The van der Waals surface area contributed by atoms with E-state index in [0.29, 0.717) is 0 Å². The van der Waals surface area contributed by atoms with Gasteiger partial charge in [0.1, 0.15) is 11.1 Å². The van der Waals surface area contributed by atoms with E-state index in [0.717, 1.165) is 38.7 Å². The highest BCUT2D eigenvalue weighted by molar-refractivity contribution is 6.25. The molecule has 2 nitrogen and oxygen atoms in total. The summed E-state index contributed by atoms with van der Waals surface area (Å²) in [6, 6.07) is 50.1. The molecule has 40 heavy (non-hydrogen) atoms. The van der Waals surface area contributed by atoms with Gasteiger partial charge in [0.15, 0.2) is 5.58 Å². The molecule has 0 spiro atoms. The van der Waals surface area contributed by atoms with Crippen LogP contribution < -0.4 is 0 Å². The first-order valence-corrected chi connectivity index (χ1v) is 13.7. The largest absolute Gasteiger partial charge is 0.454 e. The number of para-hydroxylation sites is 2. The van der Waals surface area contributed by atoms with Gasteiger partial charge in [0.2, 0.25) is 0 Å². The van der Waals surface area contributed by atoms with Crippen LogP contribution in [0.1, 0.15) is 0 Å². The van der Waals surface area contributed by atoms with Crippen molar-refractivity contribution in [2.24, 2.45) is 0 Å². The molecule has 0 bridgehead atoms. The second-order valence-electron chi connectivity index (χ2n) is 10.5. The first-order chi connectivity index (χ1) is 19.8. The summed E-state index contributed by atoms with van der Waals surface area (Å²) < 4.78 is 8.68. The minimum atomic E-state index is 0.916. The van der Waals surface area contributed by atoms with E-state index >= 15 is 0 Å². The first-order valence-electron chi connectivity index (χ1n) is 13.7. The summed E-state index contributed by atoms with van der Waals surface area (Å²) in [7, 11) is 0. The van der Waals surface area contributed by atoms with Crippen molar-refractivity contribution in [1.29, 1.82) is 0 Å². The van der Waals surface area contributed by atoms with Gasteiger partial charge in [-0.25, -0.2) is 0 Å². The van der Waals surface area contributed by atoms with E-state index in [1.165, 1.54) is 43.4 Å². The van der Waals surface area contributed by atoms with E-state index < -0.39 is 0 Å². The van der Waals surface area contributed by atoms with Gasteiger partial charge in [-0.2, -0.15) is 0 Å². The van der Waals surface area contributed by atoms with Crippen molar-refractivity contribution in [3.05, 3.63) is 140 Å². The number of furan rings is 1. The van der Waals surface area contributed by atoms with Crippen molar-refractivity contribution < 1.29 is 4.42 Å². The second kappa shape index (κ2) is 8.08. The number of fused-ring (bicyclic) bond motifs is 11. The lowest BCUT2D eigenvalue weighted by molar-refractivity contribution is 0.673. The molecule has 0 N–H and O–H groups in total. The fraction of sp³-hybridized carbons (Fsp3) is 0. The van der Waals surface area contributed by atoms with Crippen molar-refractivity contribution in [3.8, 4) is 16.8 Å². The fourth-order valence-electron chi connectivity index (χ4n) is 6.58. The SMILES string of the molecule is c1ccc2c(c1)oc1c3ccccc3n(-c3ccc(-c4ccc5c6ccccc6c6ccccc6c5c4)cc3)c21. The number of nitrogens with zero attached hydrogens (tertiary/aromatic N) is 1. The number of aromatic nitrogens is 1. The molecule has 2 aromatic heterocycles. The van der Waals surface area contributed by atoms with E-state index in [1.54, 1.807) is 0 Å². The van der Waals surface area contributed by atoms with E-state index in [4.69, 9.17) is 4.42 Å². The molecule has 7 aromatic carbocycles. The van der Waals surface area contributed by atoms with Crippen LogP contribution in [0.15, 0.2) is 144 Å². The maximum atomic E-state index is 6.35. The minimum Gasteiger partial charge on any atom is -0.454 e. The molecule has 0 saturated carbocycles. The van der Waals surface area contributed by atoms with Crippen LogP contribution in [0.5, 0.6) is 0 Å². The van der Waals surface area contributed by atoms with E-state index in [9.17, 15) is 0 Å². The van der Waals surface area contributed by atoms with Crippen LogP contribution in [0.4, 0.5) is 0 Å². The molecule has 0 atom stereocenters. The van der Waals surface area contributed by atoms with Crippen LogP contribution in [-0.4, -0.2) is 4.57 Å². The lowest BCUT2D eigenvalue weighted by Gasteiger charge is -2.13. The van der Waals surface area contributed by atoms with Gasteiger partial charge >= 0.3 is 0 Å². The van der Waals surface area contributed by atoms with E-state index in [-0.39, 0.29) is 0 Å². The number of rotatable bonds is 2. The molecule has 0 saturated heterocycles. The van der Waals surface area contributed by atoms with Gasteiger partial charge in [-0.3, -0.25) is 0 Å². The van der Waals surface area contributed by atoms with Crippen molar-refractivity contribution in [3.63, 3.8) is 0 Å². The zero-order chi connectivity index (χ0) is 26.2. The number of hydrogen-bond donors (Lipinski definition) is 0. The number of hydrogen-bond acceptors (Lipinski definition) is 1. The predicted octanol–water partition coefficient (Wildman–Crippen LogP) is 10.7. The monoisotopic (exact) mass is 509 g/mol. The summed E-state index contributed by atoms with van der Waals surface area (Å²) in [6.07, 6.45) is 0. The van der Waals surface area contributed by atoms with Gasteiger partial charge < -0.3 is 8.98 Å². The molecule has 2 heterocycles. The van der Waals surface area contributed by atoms with Crippen molar-refractivity contribution in [2.45, 2.75) is 0 Å². The minimum absolute atomic E-state index is 0.916. The first kappa shape index (κ1) is 21.6. The van der Waals surface area contributed by atoms with Crippen LogP contribution in [-0.2, 0) is 0 Å². The molecular weight excluding hydrogens is 486 g/mol. The quantitative estimate of drug-likeness (QED) is 0.212. The van der Waals surface area contributed by atoms with Crippen molar-refractivity contribution in [2.75, 3.05) is 0 Å². The fourth-order valence-corrected chi connectivity index (χ4v) is 6.58. The summed E-state index contributed by atoms with van der Waals surface area (Å²) in [4.78, 5) is 0. The van der Waals surface area contributed by atoms with Gasteiger partial charge in [-0.05, 0) is 85.9 Å². The highest BCUT2D eigenvalue weighted by Crippen LogP contribution is 2.40. The average molecular weight is 510 g/mol. The lowest BCUT2D eigenvalue weighted by atomic mass is 9.92. The molecule has 186 valence electrons. The normalized spacial score (nSPS) is 12.0. The van der Waals surface area contributed by atoms with Crippen molar-refractivity contribution in [1.82, 2.24) is 4.57 Å². The summed E-state index contributed by atoms with van der Waals surface area (Å²) in [6.45, 7) is 0. The second-order valence-corrected chi connectivity index (χ2v) is 10.5. The van der Waals surface area contributed by atoms with E-state index in [2.05, 4.69) is 132 Å². The number of benzene rings is 7. The molecule has 0 aliphatic carbocycles. The molecule has 0 aliphatic rings. The Labute approximate surface area is 230 Å².